The molecule has 0 heterocycles. The molecule has 1 N–H and O–H groups in total. The van der Waals surface area contributed by atoms with Crippen LogP contribution in [0.25, 0.3) is 0 Å². The van der Waals surface area contributed by atoms with Crippen molar-refractivity contribution < 1.29 is 27.5 Å². The normalized spacial score (nSPS) is 12.0. The number of carbonyl (C=O) groups is 2. The summed E-state index contributed by atoms with van der Waals surface area (Å²) in [6.07, 6.45) is 0.979. The Bertz CT molecular complexity index is 1160. The molecule has 0 radical (unpaired) electrons. The van der Waals surface area contributed by atoms with E-state index in [1.807, 2.05) is 0 Å². The van der Waals surface area contributed by atoms with Crippen LogP contribution in [0.5, 0.6) is 11.5 Å². The summed E-state index contributed by atoms with van der Waals surface area (Å²) >= 11 is 12.6. The van der Waals surface area contributed by atoms with Crippen molar-refractivity contribution in [1.82, 2.24) is 10.2 Å². The molecule has 192 valence electrons. The first kappa shape index (κ1) is 28.5. The Morgan fingerprint density at radius 3 is 2.23 bits per heavy atom. The summed E-state index contributed by atoms with van der Waals surface area (Å²) in [7, 11) is -1.09. The maximum atomic E-state index is 13.6. The highest BCUT2D eigenvalue weighted by atomic mass is 35.5. The van der Waals surface area contributed by atoms with Crippen molar-refractivity contribution in [3.8, 4) is 11.5 Å². The van der Waals surface area contributed by atoms with Crippen LogP contribution in [0.2, 0.25) is 10.0 Å². The van der Waals surface area contributed by atoms with E-state index in [0.717, 1.165) is 10.6 Å². The van der Waals surface area contributed by atoms with Gasteiger partial charge in [-0.3, -0.25) is 13.9 Å². The number of methoxy groups -OCH3 is 2. The van der Waals surface area contributed by atoms with Gasteiger partial charge in [0.1, 0.15) is 24.1 Å². The van der Waals surface area contributed by atoms with Crippen molar-refractivity contribution in [1.29, 1.82) is 0 Å². The fraction of sp³-hybridized carbons (Fsp3) is 0.391. The van der Waals surface area contributed by atoms with Gasteiger partial charge >= 0.3 is 0 Å². The second kappa shape index (κ2) is 12.3. The van der Waals surface area contributed by atoms with Crippen molar-refractivity contribution >= 4 is 50.7 Å². The van der Waals surface area contributed by atoms with Crippen LogP contribution in [0.3, 0.4) is 0 Å². The summed E-state index contributed by atoms with van der Waals surface area (Å²) in [5.74, 6) is -0.398. The number of nitrogens with zero attached hydrogens (tertiary/aromatic N) is 2. The zero-order valence-electron chi connectivity index (χ0n) is 20.2. The van der Waals surface area contributed by atoms with E-state index in [2.05, 4.69) is 5.32 Å². The number of rotatable bonds is 11. The number of amides is 2. The highest BCUT2D eigenvalue weighted by molar-refractivity contribution is 7.92. The lowest BCUT2D eigenvalue weighted by Crippen LogP contribution is -2.51. The zero-order chi connectivity index (χ0) is 26.3. The maximum absolute atomic E-state index is 13.6. The van der Waals surface area contributed by atoms with Crippen LogP contribution in [-0.2, 0) is 26.2 Å². The van der Waals surface area contributed by atoms with Crippen molar-refractivity contribution in [2.75, 3.05) is 37.9 Å². The highest BCUT2D eigenvalue weighted by Crippen LogP contribution is 2.34. The molecule has 0 unspecified atom stereocenters. The first-order chi connectivity index (χ1) is 16.4. The van der Waals surface area contributed by atoms with E-state index in [0.29, 0.717) is 27.9 Å². The molecule has 0 aliphatic heterocycles. The molecule has 2 rings (SSSR count). The second-order valence-electron chi connectivity index (χ2n) is 7.60. The maximum Gasteiger partial charge on any atom is 0.244 e. The fourth-order valence-corrected chi connectivity index (χ4v) is 4.71. The largest absolute Gasteiger partial charge is 0.497 e. The number of carbonyl (C=O) groups excluding carboxylic acids is 2. The second-order valence-corrected chi connectivity index (χ2v) is 10.3. The van der Waals surface area contributed by atoms with Gasteiger partial charge in [-0.1, -0.05) is 29.3 Å². The third-order valence-corrected chi connectivity index (χ3v) is 7.08. The summed E-state index contributed by atoms with van der Waals surface area (Å²) in [5, 5.41) is 3.31. The number of anilines is 1. The molecule has 0 aliphatic carbocycles. The number of nitrogens with one attached hydrogen (secondary N) is 1. The molecule has 0 spiro atoms. The number of sulfonamides is 1. The number of hydrogen-bond acceptors (Lipinski definition) is 6. The Hall–Kier alpha value is -2.69. The smallest absolute Gasteiger partial charge is 0.244 e. The molecule has 2 amide bonds. The van der Waals surface area contributed by atoms with Crippen LogP contribution in [0, 0.1) is 0 Å². The van der Waals surface area contributed by atoms with Crippen molar-refractivity contribution in [3.63, 3.8) is 0 Å². The molecule has 1 atom stereocenters. The number of likely N-dealkylation sites (N-methyl/N-ethyl adjacent to an activating group) is 1. The molecule has 0 bridgehead atoms. The average Bonchev–Trinajstić information content (AvgIpc) is 2.81. The Morgan fingerprint density at radius 2 is 1.71 bits per heavy atom. The van der Waals surface area contributed by atoms with Gasteiger partial charge in [0.05, 0.1) is 26.2 Å². The van der Waals surface area contributed by atoms with E-state index >= 15 is 0 Å². The van der Waals surface area contributed by atoms with Crippen LogP contribution in [0.4, 0.5) is 5.69 Å². The van der Waals surface area contributed by atoms with Gasteiger partial charge in [-0.25, -0.2) is 8.42 Å². The molecule has 0 aromatic heterocycles. The van der Waals surface area contributed by atoms with E-state index in [1.165, 1.54) is 31.3 Å². The van der Waals surface area contributed by atoms with E-state index in [-0.39, 0.29) is 18.0 Å². The van der Waals surface area contributed by atoms with Crippen LogP contribution in [0.15, 0.2) is 36.4 Å². The van der Waals surface area contributed by atoms with Crippen LogP contribution < -0.4 is 19.1 Å². The molecule has 2 aromatic rings. The standard InChI is InChI=1S/C23H29Cl2N3O6S/c1-6-26-23(30)15(2)27(13-17-18(24)8-7-9-19(17)25)22(29)14-28(35(5,31)32)20-11-10-16(33-3)12-21(20)34-4/h7-12,15H,6,13-14H2,1-5H3,(H,26,30)/t15-/m0/s1. The predicted molar refractivity (Wildman–Crippen MR) is 137 cm³/mol. The van der Waals surface area contributed by atoms with Gasteiger partial charge in [0.25, 0.3) is 0 Å². The first-order valence-electron chi connectivity index (χ1n) is 10.6. The molecule has 0 aliphatic rings. The monoisotopic (exact) mass is 545 g/mol. The topological polar surface area (TPSA) is 105 Å². The SMILES string of the molecule is CCNC(=O)[C@H](C)N(Cc1c(Cl)cccc1Cl)C(=O)CN(c1ccc(OC)cc1OC)S(C)(=O)=O. The number of hydrogen-bond donors (Lipinski definition) is 1. The van der Waals surface area contributed by atoms with Gasteiger partial charge in [-0.2, -0.15) is 0 Å². The summed E-state index contributed by atoms with van der Waals surface area (Å²) in [4.78, 5) is 27.4. The quantitative estimate of drug-likeness (QED) is 0.464. The van der Waals surface area contributed by atoms with Crippen LogP contribution >= 0.6 is 23.2 Å². The molecule has 35 heavy (non-hydrogen) atoms. The van der Waals surface area contributed by atoms with Gasteiger partial charge < -0.3 is 19.7 Å². The summed E-state index contributed by atoms with van der Waals surface area (Å²) < 4.78 is 36.9. The van der Waals surface area contributed by atoms with Crippen LogP contribution in [0.1, 0.15) is 19.4 Å². The number of benzene rings is 2. The molecule has 9 nitrogen and oxygen atoms in total. The fourth-order valence-electron chi connectivity index (χ4n) is 3.34. The Kier molecular flexibility index (Phi) is 10.1. The Balaban J connectivity index is 2.51. The molecule has 0 fully saturated rings. The van der Waals surface area contributed by atoms with Gasteiger partial charge in [0.15, 0.2) is 0 Å². The molecular formula is C23H29Cl2N3O6S. The predicted octanol–water partition coefficient (Wildman–Crippen LogP) is 3.33. The average molecular weight is 546 g/mol. The molecule has 2 aromatic carbocycles. The van der Waals surface area contributed by atoms with E-state index in [1.54, 1.807) is 38.1 Å². The van der Waals surface area contributed by atoms with Crippen molar-refractivity contribution in [2.45, 2.75) is 26.4 Å². The summed E-state index contributed by atoms with van der Waals surface area (Å²) in [5.41, 5.74) is 0.582. The minimum absolute atomic E-state index is 0.104. The van der Waals surface area contributed by atoms with E-state index in [4.69, 9.17) is 32.7 Å². The summed E-state index contributed by atoms with van der Waals surface area (Å²) in [6, 6.07) is 8.51. The molecule has 12 heteroatoms. The summed E-state index contributed by atoms with van der Waals surface area (Å²) in [6.45, 7) is 2.96. The molecular weight excluding hydrogens is 517 g/mol. The minimum atomic E-state index is -3.93. The van der Waals surface area contributed by atoms with Gasteiger partial charge in [0.2, 0.25) is 21.8 Å². The van der Waals surface area contributed by atoms with Crippen LogP contribution in [-0.4, -0.2) is 64.7 Å². The zero-order valence-corrected chi connectivity index (χ0v) is 22.5. The minimum Gasteiger partial charge on any atom is -0.497 e. The van der Waals surface area contributed by atoms with E-state index < -0.39 is 34.4 Å². The van der Waals surface area contributed by atoms with Crippen molar-refractivity contribution in [3.05, 3.63) is 52.0 Å². The molecule has 0 saturated carbocycles. The number of halogens is 2. The highest BCUT2D eigenvalue weighted by Gasteiger charge is 2.31. The Morgan fingerprint density at radius 1 is 1.09 bits per heavy atom. The first-order valence-corrected chi connectivity index (χ1v) is 13.2. The third kappa shape index (κ3) is 7.16. The lowest BCUT2D eigenvalue weighted by molar-refractivity contribution is -0.139. The lowest BCUT2D eigenvalue weighted by atomic mass is 10.1. The van der Waals surface area contributed by atoms with Gasteiger partial charge in [-0.05, 0) is 38.1 Å². The molecule has 0 saturated heterocycles. The third-order valence-electron chi connectivity index (χ3n) is 5.24. The van der Waals surface area contributed by atoms with Crippen molar-refractivity contribution in [2.24, 2.45) is 0 Å². The van der Waals surface area contributed by atoms with Gasteiger partial charge in [0, 0.05) is 34.8 Å². The Labute approximate surface area is 215 Å². The number of ether oxygens (including phenoxy) is 2. The van der Waals surface area contributed by atoms with Gasteiger partial charge in [-0.15, -0.1) is 0 Å². The lowest BCUT2D eigenvalue weighted by Gasteiger charge is -2.32. The van der Waals surface area contributed by atoms with E-state index in [9.17, 15) is 18.0 Å².